The van der Waals surface area contributed by atoms with Crippen molar-refractivity contribution in [3.05, 3.63) is 182 Å². The molecule has 0 fully saturated rings. The van der Waals surface area contributed by atoms with Gasteiger partial charge in [-0.05, 0) is 98.2 Å². The highest BCUT2D eigenvalue weighted by Gasteiger charge is 2.17. The van der Waals surface area contributed by atoms with Gasteiger partial charge < -0.3 is 26.3 Å². The van der Waals surface area contributed by atoms with Gasteiger partial charge in [-0.15, -0.1) is 0 Å². The van der Waals surface area contributed by atoms with Crippen molar-refractivity contribution in [2.45, 2.75) is 83.8 Å². The average molecular weight is 1020 g/mol. The maximum Gasteiger partial charge on any atom is 0.384 e. The molecular formula is C51H56Br2N8O5. The third-order valence-corrected chi connectivity index (χ3v) is 9.62. The Morgan fingerprint density at radius 1 is 0.712 bits per heavy atom. The van der Waals surface area contributed by atoms with Crippen molar-refractivity contribution in [1.29, 1.82) is 10.5 Å². The predicted octanol–water partition coefficient (Wildman–Crippen LogP) is 11.1. The van der Waals surface area contributed by atoms with Crippen molar-refractivity contribution in [1.82, 2.24) is 20.6 Å². The summed E-state index contributed by atoms with van der Waals surface area (Å²) in [5.74, 6) is -1.66. The van der Waals surface area contributed by atoms with E-state index in [1.165, 1.54) is 11.6 Å². The second-order valence-electron chi connectivity index (χ2n) is 14.0. The van der Waals surface area contributed by atoms with E-state index in [1.807, 2.05) is 91.0 Å². The molecule has 66 heavy (non-hydrogen) atoms. The molecular weight excluding hydrogens is 964 g/mol. The molecule has 0 aliphatic carbocycles. The maximum atomic E-state index is 12.5. The Balaban J connectivity index is 0.000000448. The molecule has 0 radical (unpaired) electrons. The number of halogens is 2. The molecule has 0 spiro atoms. The van der Waals surface area contributed by atoms with Gasteiger partial charge in [0.2, 0.25) is 5.91 Å². The van der Waals surface area contributed by atoms with Gasteiger partial charge in [-0.3, -0.25) is 14.4 Å². The van der Waals surface area contributed by atoms with Crippen LogP contribution in [0.15, 0.2) is 142 Å². The molecule has 13 nitrogen and oxygen atoms in total. The lowest BCUT2D eigenvalue weighted by Crippen LogP contribution is -2.29. The van der Waals surface area contributed by atoms with Crippen LogP contribution in [-0.4, -0.2) is 45.7 Å². The van der Waals surface area contributed by atoms with Crippen LogP contribution in [0.25, 0.3) is 10.9 Å². The van der Waals surface area contributed by atoms with E-state index in [9.17, 15) is 24.4 Å². The number of amides is 2. The summed E-state index contributed by atoms with van der Waals surface area (Å²) in [7, 11) is 0. The molecule has 0 aliphatic rings. The summed E-state index contributed by atoms with van der Waals surface area (Å²) in [6, 6.07) is 44.3. The number of pyridine rings is 2. The molecule has 2 heterocycles. The van der Waals surface area contributed by atoms with E-state index in [0.717, 1.165) is 49.7 Å². The second-order valence-corrected chi connectivity index (χ2v) is 15.6. The van der Waals surface area contributed by atoms with E-state index in [4.69, 9.17) is 22.7 Å². The van der Waals surface area contributed by atoms with E-state index in [-0.39, 0.29) is 41.9 Å². The van der Waals surface area contributed by atoms with Gasteiger partial charge in [-0.25, -0.2) is 21.3 Å². The number of carbonyl (C=O) groups excluding carboxylic acids is 3. The Kier molecular flexibility index (Phi) is 30.8. The number of carboxylic acids is 1. The highest BCUT2D eigenvalue weighted by atomic mass is 79.9. The van der Waals surface area contributed by atoms with Crippen molar-refractivity contribution < 1.29 is 24.3 Å². The number of carbonyl (C=O) groups is 4. The lowest BCUT2D eigenvalue weighted by atomic mass is 10.0. The van der Waals surface area contributed by atoms with Crippen molar-refractivity contribution in [3.63, 3.8) is 0 Å². The topological polar surface area (TPSA) is 216 Å². The number of aromatic nitrogens is 2. The van der Waals surface area contributed by atoms with Gasteiger partial charge in [0.15, 0.2) is 6.29 Å². The van der Waals surface area contributed by atoms with Crippen LogP contribution in [0.3, 0.4) is 0 Å². The molecule has 5 aromatic rings. The molecule has 0 bridgehead atoms. The summed E-state index contributed by atoms with van der Waals surface area (Å²) in [5, 5.41) is 31.3. The monoisotopic (exact) mass is 1020 g/mol. The highest BCUT2D eigenvalue weighted by molar-refractivity contribution is 9.10. The zero-order valence-electron chi connectivity index (χ0n) is 37.3. The van der Waals surface area contributed by atoms with Crippen molar-refractivity contribution in [3.8, 4) is 12.1 Å². The highest BCUT2D eigenvalue weighted by Crippen LogP contribution is 2.20. The van der Waals surface area contributed by atoms with Crippen LogP contribution in [0.5, 0.6) is 0 Å². The van der Waals surface area contributed by atoms with Gasteiger partial charge in [0.1, 0.15) is 33.0 Å². The quantitative estimate of drug-likeness (QED) is 0.0241. The number of benzene rings is 3. The molecule has 0 unspecified atom stereocenters. The number of rotatable bonds is 16. The molecule has 0 aliphatic heterocycles. The Bertz CT molecular complexity index is 2350. The minimum absolute atomic E-state index is 0.0204. The van der Waals surface area contributed by atoms with Crippen LogP contribution in [-0.2, 0) is 14.4 Å². The molecule has 3 aromatic carbocycles. The average Bonchev–Trinajstić information content (AvgIpc) is 3.32. The molecule has 15 heteroatoms. The summed E-state index contributed by atoms with van der Waals surface area (Å²) in [4.78, 5) is 54.0. The zero-order chi connectivity index (χ0) is 49.0. The van der Waals surface area contributed by atoms with Crippen LogP contribution in [0, 0.1) is 29.2 Å². The summed E-state index contributed by atoms with van der Waals surface area (Å²) in [6.07, 6.45) is 7.97. The van der Waals surface area contributed by atoms with Gasteiger partial charge in [0.25, 0.3) is 5.91 Å². The van der Waals surface area contributed by atoms with E-state index >= 15 is 0 Å². The van der Waals surface area contributed by atoms with E-state index in [0.29, 0.717) is 26.9 Å². The van der Waals surface area contributed by atoms with Gasteiger partial charge >= 0.3 is 12.5 Å². The number of hydrogen-bond donors (Lipinski definition) is 4. The smallest absolute Gasteiger partial charge is 0.384 e. The van der Waals surface area contributed by atoms with Crippen LogP contribution in [0.2, 0.25) is 0 Å². The van der Waals surface area contributed by atoms with Gasteiger partial charge in [0.05, 0.1) is 23.8 Å². The fourth-order valence-electron chi connectivity index (χ4n) is 5.68. The van der Waals surface area contributed by atoms with Crippen molar-refractivity contribution >= 4 is 62.0 Å². The Morgan fingerprint density at radius 2 is 1.17 bits per heavy atom. The molecule has 5 N–H and O–H groups in total. The number of aliphatic carboxylic acids is 1. The van der Waals surface area contributed by atoms with Crippen LogP contribution >= 0.6 is 31.9 Å². The standard InChI is InChI=1S/C19H18BrN3O.C13H16N2O.C10H15N.C6H4BrNO.C3H3NO2/c1-2-7-17(14-8-4-3-5-9-14)23-19(24)15(13-21)12-16-10-6-11-18(20)22-16;1-2-6-12(15-13(16)9-10-14)11-7-4-3-5-8-11;1-2-6-10(11)9-7-4-3-5-8-9;7-6-3-1-2-5(4-9)8-6;1-4-2-3(5)6/h3-6,8-12,17H,2,7H2,1H3,(H,23,24);3-5,7-8,12H,2,6,9H2,1H3,(H,15,16);3-5,7-8,10H,2,6,11H2,1H3;1-4H;2H2,(H,5,6)/b15-12+;;;;/t17-;12-;10-;;/m000../s1. The number of nitrogens with two attached hydrogens (primary N) is 1. The number of hydrogen-bond acceptors (Lipinski definition) is 9. The first-order valence-corrected chi connectivity index (χ1v) is 22.7. The molecule has 5 rings (SSSR count). The molecule has 2 aromatic heterocycles. The summed E-state index contributed by atoms with van der Waals surface area (Å²) in [5.41, 5.74) is 10.3. The van der Waals surface area contributed by atoms with E-state index in [2.05, 4.69) is 90.2 Å². The molecule has 2 amide bonds. The SMILES string of the molecule is CCC[C@H](N)c1ccccc1.CCC[C@H](NC(=O)/C(C#N)=C/c1cccc(Br)n1)c1ccccc1.CCC[C@H](NC(=O)CC#N)c1ccccc1.O=Cc1cccc(Br)n1.[C-]#[N+]CC(=O)O. The molecule has 3 atom stereocenters. The Morgan fingerprint density at radius 3 is 1.55 bits per heavy atom. The second kappa shape index (κ2) is 35.5. The minimum Gasteiger partial charge on any atom is -0.476 e. The van der Waals surface area contributed by atoms with Crippen molar-refractivity contribution in [2.24, 2.45) is 5.73 Å². The fourth-order valence-corrected chi connectivity index (χ4v) is 6.40. The van der Waals surface area contributed by atoms with Crippen LogP contribution in [0.1, 0.15) is 117 Å². The first kappa shape index (κ1) is 57.2. The summed E-state index contributed by atoms with van der Waals surface area (Å²) >= 11 is 6.41. The Hall–Kier alpha value is -6.83. The van der Waals surface area contributed by atoms with Gasteiger partial charge in [0, 0.05) is 6.04 Å². The van der Waals surface area contributed by atoms with Gasteiger partial charge in [-0.2, -0.15) is 10.5 Å². The molecule has 344 valence electrons. The Labute approximate surface area is 405 Å². The number of carboxylic acid groups (broad SMARTS) is 1. The normalized spacial score (nSPS) is 11.2. The molecule has 0 saturated heterocycles. The third kappa shape index (κ3) is 25.5. The summed E-state index contributed by atoms with van der Waals surface area (Å²) in [6.45, 7) is 11.9. The minimum atomic E-state index is -1.06. The zero-order valence-corrected chi connectivity index (χ0v) is 40.5. The maximum absolute atomic E-state index is 12.5. The van der Waals surface area contributed by atoms with E-state index < -0.39 is 12.5 Å². The lowest BCUT2D eigenvalue weighted by Gasteiger charge is -2.18. The fraction of sp³-hybridized carbons (Fsp3) is 0.275. The number of nitrogens with zero attached hydrogens (tertiary/aromatic N) is 5. The predicted molar refractivity (Wildman–Crippen MR) is 265 cm³/mol. The largest absolute Gasteiger partial charge is 0.476 e. The van der Waals surface area contributed by atoms with Crippen LogP contribution in [0.4, 0.5) is 0 Å². The summed E-state index contributed by atoms with van der Waals surface area (Å²) < 4.78 is 1.34. The number of aldehydes is 1. The first-order valence-electron chi connectivity index (χ1n) is 21.1. The number of nitrogens with one attached hydrogen (secondary N) is 2. The lowest BCUT2D eigenvalue weighted by molar-refractivity contribution is -0.134. The van der Waals surface area contributed by atoms with Crippen LogP contribution < -0.4 is 16.4 Å². The molecule has 0 saturated carbocycles. The van der Waals surface area contributed by atoms with E-state index in [1.54, 1.807) is 36.4 Å². The van der Waals surface area contributed by atoms with Crippen molar-refractivity contribution in [2.75, 3.05) is 6.54 Å². The number of nitriles is 2. The third-order valence-electron chi connectivity index (χ3n) is 8.73. The first-order chi connectivity index (χ1) is 31.8. The van der Waals surface area contributed by atoms with Gasteiger partial charge in [-0.1, -0.05) is 143 Å².